The maximum atomic E-state index is 14.5. The van der Waals surface area contributed by atoms with Crippen molar-refractivity contribution in [3.05, 3.63) is 94.8 Å². The lowest BCUT2D eigenvalue weighted by Gasteiger charge is -2.28. The van der Waals surface area contributed by atoms with E-state index in [1.54, 1.807) is 19.9 Å². The van der Waals surface area contributed by atoms with E-state index in [1.165, 1.54) is 12.1 Å². The first kappa shape index (κ1) is 21.6. The second-order valence-corrected chi connectivity index (χ2v) is 7.86. The molecule has 0 spiro atoms. The number of likely N-dealkylation sites (N-methyl/N-ethyl adjacent to an activating group) is 1. The van der Waals surface area contributed by atoms with Gasteiger partial charge in [0.2, 0.25) is 0 Å². The molecule has 164 valence electrons. The summed E-state index contributed by atoms with van der Waals surface area (Å²) < 4.78 is 20.1. The summed E-state index contributed by atoms with van der Waals surface area (Å²) in [6, 6.07) is 18.7. The number of ether oxygens (including phenoxy) is 1. The molecular formula is C26H24FNO4. The van der Waals surface area contributed by atoms with E-state index in [0.717, 1.165) is 27.2 Å². The number of hydrogen-bond donors (Lipinski definition) is 1. The monoisotopic (exact) mass is 433 g/mol. The fraction of sp³-hybridized carbons (Fsp3) is 0.231. The maximum absolute atomic E-state index is 14.5. The number of benzene rings is 3. The number of aliphatic carboxylic acids is 1. The molecule has 3 aromatic rings. The molecule has 5 nitrogen and oxygen atoms in total. The lowest BCUT2D eigenvalue weighted by atomic mass is 9.98. The number of fused-ring (bicyclic) bond motifs is 3. The Morgan fingerprint density at radius 3 is 2.19 bits per heavy atom. The molecule has 0 aromatic heterocycles. The van der Waals surface area contributed by atoms with Gasteiger partial charge in [0.1, 0.15) is 12.4 Å². The van der Waals surface area contributed by atoms with Crippen molar-refractivity contribution < 1.29 is 23.8 Å². The zero-order chi connectivity index (χ0) is 22.8. The average Bonchev–Trinajstić information content (AvgIpc) is 3.11. The third-order valence-corrected chi connectivity index (χ3v) is 5.90. The molecule has 0 radical (unpaired) electrons. The Hall–Kier alpha value is -3.67. The van der Waals surface area contributed by atoms with Crippen molar-refractivity contribution in [1.82, 2.24) is 4.90 Å². The molecule has 0 saturated heterocycles. The van der Waals surface area contributed by atoms with E-state index in [-0.39, 0.29) is 24.6 Å². The van der Waals surface area contributed by atoms with E-state index < -0.39 is 23.9 Å². The average molecular weight is 433 g/mol. The van der Waals surface area contributed by atoms with Gasteiger partial charge in [0.15, 0.2) is 6.04 Å². The fourth-order valence-corrected chi connectivity index (χ4v) is 4.40. The Labute approximate surface area is 186 Å². The summed E-state index contributed by atoms with van der Waals surface area (Å²) >= 11 is 0. The number of carbonyl (C=O) groups is 2. The number of carboxylic acid groups (broad SMARTS) is 1. The second kappa shape index (κ2) is 8.83. The van der Waals surface area contributed by atoms with Crippen LogP contribution in [-0.4, -0.2) is 35.2 Å². The molecule has 0 bridgehead atoms. The highest BCUT2D eigenvalue weighted by atomic mass is 19.1. The van der Waals surface area contributed by atoms with Crippen LogP contribution < -0.4 is 0 Å². The Morgan fingerprint density at radius 2 is 1.62 bits per heavy atom. The maximum Gasteiger partial charge on any atom is 0.410 e. The quantitative estimate of drug-likeness (QED) is 0.555. The van der Waals surface area contributed by atoms with Crippen molar-refractivity contribution in [2.24, 2.45) is 0 Å². The number of carbonyl (C=O) groups excluding carboxylic acids is 1. The number of rotatable bonds is 6. The molecule has 32 heavy (non-hydrogen) atoms. The fourth-order valence-electron chi connectivity index (χ4n) is 4.40. The molecule has 3 aromatic carbocycles. The zero-order valence-corrected chi connectivity index (χ0v) is 17.9. The lowest BCUT2D eigenvalue weighted by molar-refractivity contribution is -0.143. The number of carboxylic acids is 1. The molecule has 4 rings (SSSR count). The Balaban J connectivity index is 1.59. The van der Waals surface area contributed by atoms with Crippen LogP contribution in [0.1, 0.15) is 41.1 Å². The third kappa shape index (κ3) is 3.84. The molecule has 6 heteroatoms. The standard InChI is InChI=1S/C26H24FNO4/c1-3-28(24(25(29)30)21-14-16(2)12-13-23(21)27)26(31)32-15-22-19-10-6-4-8-17(19)18-9-5-7-11-20(18)22/h4-14,22,24H,3,15H2,1-2H3,(H,29,30). The van der Waals surface area contributed by atoms with Gasteiger partial charge < -0.3 is 9.84 Å². The van der Waals surface area contributed by atoms with Gasteiger partial charge in [0.25, 0.3) is 0 Å². The molecular weight excluding hydrogens is 409 g/mol. The van der Waals surface area contributed by atoms with Gasteiger partial charge in [-0.25, -0.2) is 14.0 Å². The summed E-state index contributed by atoms with van der Waals surface area (Å²) in [5, 5.41) is 9.82. The summed E-state index contributed by atoms with van der Waals surface area (Å²) in [5.41, 5.74) is 4.96. The predicted molar refractivity (Wildman–Crippen MR) is 119 cm³/mol. The third-order valence-electron chi connectivity index (χ3n) is 5.90. The van der Waals surface area contributed by atoms with Crippen molar-refractivity contribution in [2.75, 3.05) is 13.2 Å². The molecule has 1 atom stereocenters. The normalized spacial score (nSPS) is 13.2. The minimum Gasteiger partial charge on any atom is -0.479 e. The van der Waals surface area contributed by atoms with E-state index in [9.17, 15) is 19.1 Å². The van der Waals surface area contributed by atoms with Crippen LogP contribution in [-0.2, 0) is 9.53 Å². The van der Waals surface area contributed by atoms with Crippen LogP contribution in [0.5, 0.6) is 0 Å². The number of amides is 1. The topological polar surface area (TPSA) is 66.8 Å². The highest BCUT2D eigenvalue weighted by Crippen LogP contribution is 2.44. The van der Waals surface area contributed by atoms with E-state index in [0.29, 0.717) is 5.56 Å². The van der Waals surface area contributed by atoms with E-state index in [1.807, 2.05) is 48.5 Å². The van der Waals surface area contributed by atoms with Crippen molar-refractivity contribution in [3.63, 3.8) is 0 Å². The van der Waals surface area contributed by atoms with Gasteiger partial charge in [-0.05, 0) is 42.2 Å². The SMILES string of the molecule is CCN(C(=O)OCC1c2ccccc2-c2ccccc21)C(C(=O)O)c1cc(C)ccc1F. The Kier molecular flexibility index (Phi) is 5.95. The second-order valence-electron chi connectivity index (χ2n) is 7.86. The molecule has 1 unspecified atom stereocenters. The summed E-state index contributed by atoms with van der Waals surface area (Å²) in [6.45, 7) is 3.50. The van der Waals surface area contributed by atoms with E-state index in [4.69, 9.17) is 4.74 Å². The van der Waals surface area contributed by atoms with Gasteiger partial charge >= 0.3 is 12.1 Å². The van der Waals surface area contributed by atoms with Crippen LogP contribution >= 0.6 is 0 Å². The summed E-state index contributed by atoms with van der Waals surface area (Å²) in [6.07, 6.45) is -0.789. The number of halogens is 1. The summed E-state index contributed by atoms with van der Waals surface area (Å²) in [7, 11) is 0. The molecule has 1 N–H and O–H groups in total. The molecule has 1 aliphatic rings. The van der Waals surface area contributed by atoms with Gasteiger partial charge in [0, 0.05) is 18.0 Å². The summed E-state index contributed by atoms with van der Waals surface area (Å²) in [4.78, 5) is 26.1. The number of aryl methyl sites for hydroxylation is 1. The Morgan fingerprint density at radius 1 is 1.03 bits per heavy atom. The van der Waals surface area contributed by atoms with Gasteiger partial charge in [-0.2, -0.15) is 0 Å². The largest absolute Gasteiger partial charge is 0.479 e. The first-order chi connectivity index (χ1) is 15.4. The number of nitrogens with zero attached hydrogens (tertiary/aromatic N) is 1. The molecule has 1 aliphatic carbocycles. The van der Waals surface area contributed by atoms with Crippen LogP contribution in [0.4, 0.5) is 9.18 Å². The first-order valence-corrected chi connectivity index (χ1v) is 10.5. The van der Waals surface area contributed by atoms with Crippen molar-refractivity contribution in [3.8, 4) is 11.1 Å². The Bertz CT molecular complexity index is 1130. The molecule has 0 aliphatic heterocycles. The minimum absolute atomic E-state index is 0.0566. The molecule has 0 heterocycles. The smallest absolute Gasteiger partial charge is 0.410 e. The van der Waals surface area contributed by atoms with Crippen molar-refractivity contribution in [2.45, 2.75) is 25.8 Å². The number of hydrogen-bond acceptors (Lipinski definition) is 3. The van der Waals surface area contributed by atoms with Gasteiger partial charge in [-0.3, -0.25) is 4.90 Å². The summed E-state index contributed by atoms with van der Waals surface area (Å²) in [5.74, 6) is -2.14. The molecule has 1 amide bonds. The lowest BCUT2D eigenvalue weighted by Crippen LogP contribution is -2.40. The highest BCUT2D eigenvalue weighted by Gasteiger charge is 2.35. The molecule has 0 saturated carbocycles. The molecule has 0 fully saturated rings. The first-order valence-electron chi connectivity index (χ1n) is 10.5. The van der Waals surface area contributed by atoms with Gasteiger partial charge in [0.05, 0.1) is 0 Å². The van der Waals surface area contributed by atoms with E-state index >= 15 is 0 Å². The van der Waals surface area contributed by atoms with Crippen molar-refractivity contribution in [1.29, 1.82) is 0 Å². The minimum atomic E-state index is -1.48. The predicted octanol–water partition coefficient (Wildman–Crippen LogP) is 5.53. The van der Waals surface area contributed by atoms with Crippen LogP contribution in [0, 0.1) is 12.7 Å². The van der Waals surface area contributed by atoms with Crippen molar-refractivity contribution >= 4 is 12.1 Å². The van der Waals surface area contributed by atoms with Crippen LogP contribution in [0.2, 0.25) is 0 Å². The van der Waals surface area contributed by atoms with Gasteiger partial charge in [-0.1, -0.05) is 66.2 Å². The highest BCUT2D eigenvalue weighted by molar-refractivity contribution is 5.82. The van der Waals surface area contributed by atoms with Gasteiger partial charge in [-0.15, -0.1) is 0 Å². The van der Waals surface area contributed by atoms with Crippen LogP contribution in [0.3, 0.4) is 0 Å². The van der Waals surface area contributed by atoms with Crippen LogP contribution in [0.15, 0.2) is 66.7 Å². The zero-order valence-electron chi connectivity index (χ0n) is 17.9. The van der Waals surface area contributed by atoms with Crippen LogP contribution in [0.25, 0.3) is 11.1 Å². The van der Waals surface area contributed by atoms with E-state index in [2.05, 4.69) is 0 Å².